The number of alkyl carbamates (subject to hydrolysis) is 1. The molecule has 0 aromatic carbocycles. The number of halogens is 1. The van der Waals surface area contributed by atoms with Crippen LogP contribution in [0.5, 0.6) is 0 Å². The number of amides is 1. The minimum Gasteiger partial charge on any atom is -0.480 e. The van der Waals surface area contributed by atoms with Gasteiger partial charge in [0.05, 0.1) is 0 Å². The van der Waals surface area contributed by atoms with Gasteiger partial charge in [0, 0.05) is 0 Å². The average Bonchev–Trinajstić information content (AvgIpc) is 2.13. The van der Waals surface area contributed by atoms with Gasteiger partial charge in [0.2, 0.25) is 6.86 Å². The fourth-order valence-corrected chi connectivity index (χ4v) is 0.901. The molecular formula is C8H14FNO4. The van der Waals surface area contributed by atoms with Crippen molar-refractivity contribution in [1.29, 1.82) is 0 Å². The van der Waals surface area contributed by atoms with Crippen LogP contribution >= 0.6 is 0 Å². The molecule has 0 fully saturated rings. The lowest BCUT2D eigenvalue weighted by Crippen LogP contribution is -2.45. The molecule has 0 spiro atoms. The quantitative estimate of drug-likeness (QED) is 0.708. The van der Waals surface area contributed by atoms with Crippen molar-refractivity contribution in [3.8, 4) is 0 Å². The van der Waals surface area contributed by atoms with E-state index in [1.54, 1.807) is 13.8 Å². The second kappa shape index (κ2) is 6.17. The summed E-state index contributed by atoms with van der Waals surface area (Å²) < 4.78 is 15.5. The molecule has 0 aromatic rings. The molecule has 6 heteroatoms. The van der Waals surface area contributed by atoms with E-state index in [9.17, 15) is 14.0 Å². The van der Waals surface area contributed by atoms with Crippen LogP contribution in [0, 0.1) is 5.92 Å². The molecule has 14 heavy (non-hydrogen) atoms. The highest BCUT2D eigenvalue weighted by atomic mass is 19.1. The Bertz CT molecular complexity index is 210. The molecule has 2 N–H and O–H groups in total. The van der Waals surface area contributed by atoms with Crippen molar-refractivity contribution in [3.63, 3.8) is 0 Å². The van der Waals surface area contributed by atoms with Gasteiger partial charge in [-0.05, 0) is 5.92 Å². The molecule has 1 amide bonds. The normalized spacial score (nSPS) is 14.2. The van der Waals surface area contributed by atoms with Gasteiger partial charge in [-0.2, -0.15) is 0 Å². The summed E-state index contributed by atoms with van der Waals surface area (Å²) in [5.74, 6) is -1.39. The summed E-state index contributed by atoms with van der Waals surface area (Å²) in [6.45, 7) is 2.20. The van der Waals surface area contributed by atoms with Crippen LogP contribution in [-0.2, 0) is 9.53 Å². The van der Waals surface area contributed by atoms with Crippen LogP contribution < -0.4 is 5.32 Å². The van der Waals surface area contributed by atoms with Crippen molar-refractivity contribution in [1.82, 2.24) is 5.32 Å². The summed E-state index contributed by atoms with van der Waals surface area (Å²) in [7, 11) is 0. The molecule has 0 unspecified atom stereocenters. The number of nitrogens with one attached hydrogen (secondary N) is 1. The van der Waals surface area contributed by atoms with Crippen LogP contribution in [0.2, 0.25) is 0 Å². The lowest BCUT2D eigenvalue weighted by Gasteiger charge is -2.19. The van der Waals surface area contributed by atoms with Gasteiger partial charge in [0.1, 0.15) is 6.04 Å². The lowest BCUT2D eigenvalue weighted by molar-refractivity contribution is -0.140. The maximum atomic E-state index is 11.5. The van der Waals surface area contributed by atoms with Crippen molar-refractivity contribution in [3.05, 3.63) is 0 Å². The highest BCUT2D eigenvalue weighted by Crippen LogP contribution is 2.07. The van der Waals surface area contributed by atoms with Gasteiger partial charge >= 0.3 is 12.1 Å². The second-order valence-corrected chi connectivity index (χ2v) is 2.89. The molecule has 0 aliphatic heterocycles. The molecule has 0 rings (SSSR count). The highest BCUT2D eigenvalue weighted by Gasteiger charge is 2.25. The first-order valence-corrected chi connectivity index (χ1v) is 4.25. The number of carboxylic acids is 1. The van der Waals surface area contributed by atoms with E-state index in [0.717, 1.165) is 0 Å². The molecular weight excluding hydrogens is 193 g/mol. The monoisotopic (exact) mass is 207 g/mol. The van der Waals surface area contributed by atoms with E-state index in [0.29, 0.717) is 6.42 Å². The van der Waals surface area contributed by atoms with Crippen LogP contribution in [0.25, 0.3) is 0 Å². The maximum absolute atomic E-state index is 11.5. The number of hydrogen-bond acceptors (Lipinski definition) is 3. The number of ether oxygens (including phenoxy) is 1. The molecule has 0 heterocycles. The molecule has 0 radical (unpaired) electrons. The van der Waals surface area contributed by atoms with Crippen LogP contribution in [0.4, 0.5) is 9.18 Å². The van der Waals surface area contributed by atoms with E-state index in [2.05, 4.69) is 10.1 Å². The molecule has 0 aliphatic carbocycles. The number of aliphatic carboxylic acids is 1. The van der Waals surface area contributed by atoms with Gasteiger partial charge < -0.3 is 15.2 Å². The first kappa shape index (κ1) is 12.7. The Labute approximate surface area is 81.2 Å². The topological polar surface area (TPSA) is 75.6 Å². The first-order valence-electron chi connectivity index (χ1n) is 4.25. The molecule has 0 aromatic heterocycles. The molecule has 0 bridgehead atoms. The standard InChI is InChI=1S/C8H14FNO4/c1-3-5(2)6(7(11)12)10-8(13)14-4-9/h5-6H,3-4H2,1-2H3,(H,10,13)(H,11,12)/t5-,6-/m0/s1. The van der Waals surface area contributed by atoms with E-state index in [1.165, 1.54) is 0 Å². The Morgan fingerprint density at radius 1 is 1.57 bits per heavy atom. The zero-order valence-corrected chi connectivity index (χ0v) is 8.12. The second-order valence-electron chi connectivity index (χ2n) is 2.89. The predicted octanol–water partition coefficient (Wildman–Crippen LogP) is 1.14. The molecule has 2 atom stereocenters. The number of hydrogen-bond donors (Lipinski definition) is 2. The van der Waals surface area contributed by atoms with E-state index in [-0.39, 0.29) is 5.92 Å². The largest absolute Gasteiger partial charge is 0.480 e. The molecule has 5 nitrogen and oxygen atoms in total. The van der Waals surface area contributed by atoms with Gasteiger partial charge in [-0.25, -0.2) is 14.0 Å². The van der Waals surface area contributed by atoms with Crippen molar-refractivity contribution in [2.24, 2.45) is 5.92 Å². The number of alkyl halides is 1. The Balaban J connectivity index is 4.23. The maximum Gasteiger partial charge on any atom is 0.410 e. The SMILES string of the molecule is CC[C@H](C)[C@H](NC(=O)OCF)C(=O)O. The van der Waals surface area contributed by atoms with Crippen LogP contribution in [0.1, 0.15) is 20.3 Å². The third kappa shape index (κ3) is 4.06. The summed E-state index contributed by atoms with van der Waals surface area (Å²) in [4.78, 5) is 21.4. The molecule has 0 saturated carbocycles. The van der Waals surface area contributed by atoms with Gasteiger partial charge in [0.15, 0.2) is 0 Å². The summed E-state index contributed by atoms with van der Waals surface area (Å²) in [5, 5.41) is 10.8. The third-order valence-electron chi connectivity index (χ3n) is 1.94. The number of rotatable bonds is 5. The summed E-state index contributed by atoms with van der Waals surface area (Å²) in [5.41, 5.74) is 0. The molecule has 0 saturated heterocycles. The number of carboxylic acid groups (broad SMARTS) is 1. The van der Waals surface area contributed by atoms with Gasteiger partial charge in [-0.1, -0.05) is 20.3 Å². The first-order chi connectivity index (χ1) is 6.52. The van der Waals surface area contributed by atoms with E-state index in [4.69, 9.17) is 5.11 Å². The Hall–Kier alpha value is -1.33. The van der Waals surface area contributed by atoms with E-state index in [1.807, 2.05) is 0 Å². The minimum atomic E-state index is -1.27. The Morgan fingerprint density at radius 2 is 2.14 bits per heavy atom. The van der Waals surface area contributed by atoms with Crippen molar-refractivity contribution < 1.29 is 23.8 Å². The zero-order chi connectivity index (χ0) is 11.1. The van der Waals surface area contributed by atoms with Crippen LogP contribution in [0.15, 0.2) is 0 Å². The van der Waals surface area contributed by atoms with Crippen molar-refractivity contribution in [2.75, 3.05) is 6.86 Å². The minimum absolute atomic E-state index is 0.236. The number of carbonyl (C=O) groups excluding carboxylic acids is 1. The van der Waals surface area contributed by atoms with Crippen LogP contribution in [0.3, 0.4) is 0 Å². The number of carbonyl (C=O) groups is 2. The molecule has 82 valence electrons. The molecule has 0 aliphatic rings. The Kier molecular flexibility index (Phi) is 5.59. The average molecular weight is 207 g/mol. The van der Waals surface area contributed by atoms with Gasteiger partial charge in [0.25, 0.3) is 0 Å². The smallest absolute Gasteiger partial charge is 0.410 e. The van der Waals surface area contributed by atoms with E-state index < -0.39 is 25.0 Å². The summed E-state index contributed by atoms with van der Waals surface area (Å²) in [6, 6.07) is -1.04. The van der Waals surface area contributed by atoms with E-state index >= 15 is 0 Å². The predicted molar refractivity (Wildman–Crippen MR) is 46.5 cm³/mol. The van der Waals surface area contributed by atoms with Gasteiger partial charge in [-0.15, -0.1) is 0 Å². The zero-order valence-electron chi connectivity index (χ0n) is 8.12. The third-order valence-corrected chi connectivity index (χ3v) is 1.94. The fraction of sp³-hybridized carbons (Fsp3) is 0.750. The Morgan fingerprint density at radius 3 is 2.50 bits per heavy atom. The highest BCUT2D eigenvalue weighted by molar-refractivity contribution is 5.80. The summed E-state index contributed by atoms with van der Waals surface area (Å²) in [6.07, 6.45) is -0.465. The van der Waals surface area contributed by atoms with Crippen molar-refractivity contribution >= 4 is 12.1 Å². The van der Waals surface area contributed by atoms with Gasteiger partial charge in [-0.3, -0.25) is 0 Å². The lowest BCUT2D eigenvalue weighted by atomic mass is 10.00. The fourth-order valence-electron chi connectivity index (χ4n) is 0.901. The van der Waals surface area contributed by atoms with Crippen LogP contribution in [-0.4, -0.2) is 30.1 Å². The van der Waals surface area contributed by atoms with Crippen molar-refractivity contribution in [2.45, 2.75) is 26.3 Å². The summed E-state index contributed by atoms with van der Waals surface area (Å²) >= 11 is 0.